The van der Waals surface area contributed by atoms with Gasteiger partial charge in [0.25, 0.3) is 0 Å². The highest BCUT2D eigenvalue weighted by Gasteiger charge is 2.32. The van der Waals surface area contributed by atoms with E-state index in [0.29, 0.717) is 13.2 Å². The van der Waals surface area contributed by atoms with E-state index >= 15 is 0 Å². The second-order valence-corrected chi connectivity index (χ2v) is 7.39. The number of hydrogen-bond acceptors (Lipinski definition) is 8. The topological polar surface area (TPSA) is 87.7 Å². The SMILES string of the molecule is COc1cccc(N2C(N3CCOCC3)=NC(N)=NC2Nc2ccc(C)c(C)c2)c1.Cl. The van der Waals surface area contributed by atoms with Crippen LogP contribution in [0.3, 0.4) is 0 Å². The van der Waals surface area contributed by atoms with Gasteiger partial charge >= 0.3 is 0 Å². The molecule has 2 aliphatic rings. The molecule has 2 aromatic rings. The average molecular weight is 445 g/mol. The first-order valence-electron chi connectivity index (χ1n) is 10.1. The molecule has 0 spiro atoms. The number of ether oxygens (including phenoxy) is 2. The van der Waals surface area contributed by atoms with Crippen molar-refractivity contribution in [3.05, 3.63) is 53.6 Å². The fraction of sp³-hybridized carbons (Fsp3) is 0.364. The molecular formula is C22H29ClN6O2. The summed E-state index contributed by atoms with van der Waals surface area (Å²) < 4.78 is 11.0. The minimum Gasteiger partial charge on any atom is -0.497 e. The van der Waals surface area contributed by atoms with Crippen LogP contribution in [0.4, 0.5) is 11.4 Å². The molecule has 1 atom stereocenters. The van der Waals surface area contributed by atoms with Gasteiger partial charge in [-0.3, -0.25) is 4.90 Å². The molecule has 3 N–H and O–H groups in total. The summed E-state index contributed by atoms with van der Waals surface area (Å²) in [5, 5.41) is 3.51. The molecule has 1 unspecified atom stereocenters. The molecule has 2 aromatic carbocycles. The van der Waals surface area contributed by atoms with Crippen molar-refractivity contribution >= 4 is 35.7 Å². The first kappa shape index (κ1) is 22.7. The van der Waals surface area contributed by atoms with Crippen LogP contribution in [-0.4, -0.2) is 56.5 Å². The summed E-state index contributed by atoms with van der Waals surface area (Å²) in [4.78, 5) is 13.4. The van der Waals surface area contributed by atoms with Crippen molar-refractivity contribution in [2.75, 3.05) is 43.6 Å². The van der Waals surface area contributed by atoms with Gasteiger partial charge in [0.15, 0.2) is 0 Å². The number of hydrogen-bond donors (Lipinski definition) is 2. The molecule has 0 bridgehead atoms. The third-order valence-corrected chi connectivity index (χ3v) is 5.36. The maximum absolute atomic E-state index is 6.14. The van der Waals surface area contributed by atoms with Gasteiger partial charge in [0.05, 0.1) is 26.0 Å². The van der Waals surface area contributed by atoms with E-state index < -0.39 is 6.29 Å². The van der Waals surface area contributed by atoms with Gasteiger partial charge in [0.1, 0.15) is 5.75 Å². The number of nitrogens with two attached hydrogens (primary N) is 1. The normalized spacial score (nSPS) is 18.6. The highest BCUT2D eigenvalue weighted by atomic mass is 35.5. The van der Waals surface area contributed by atoms with E-state index in [2.05, 4.69) is 57.1 Å². The Hall–Kier alpha value is -2.97. The van der Waals surface area contributed by atoms with Crippen molar-refractivity contribution in [3.8, 4) is 5.75 Å². The summed E-state index contributed by atoms with van der Waals surface area (Å²) in [6.07, 6.45) is -0.449. The molecule has 2 heterocycles. The summed E-state index contributed by atoms with van der Waals surface area (Å²) in [6.45, 7) is 6.97. The Balaban J connectivity index is 0.00000272. The van der Waals surface area contributed by atoms with E-state index in [9.17, 15) is 0 Å². The molecular weight excluding hydrogens is 416 g/mol. The maximum Gasteiger partial charge on any atom is 0.222 e. The molecule has 0 radical (unpaired) electrons. The van der Waals surface area contributed by atoms with Crippen LogP contribution in [0, 0.1) is 13.8 Å². The van der Waals surface area contributed by atoms with Crippen LogP contribution in [-0.2, 0) is 4.74 Å². The number of rotatable bonds is 4. The molecule has 4 rings (SSSR count). The smallest absolute Gasteiger partial charge is 0.222 e. The van der Waals surface area contributed by atoms with Crippen LogP contribution in [0.5, 0.6) is 5.75 Å². The molecule has 2 aliphatic heterocycles. The lowest BCUT2D eigenvalue weighted by Gasteiger charge is -2.41. The van der Waals surface area contributed by atoms with Gasteiger partial charge < -0.3 is 25.4 Å². The number of anilines is 2. The van der Waals surface area contributed by atoms with Gasteiger partial charge in [-0.05, 0) is 49.2 Å². The second-order valence-electron chi connectivity index (χ2n) is 7.39. The van der Waals surface area contributed by atoms with E-state index in [1.165, 1.54) is 11.1 Å². The van der Waals surface area contributed by atoms with Crippen molar-refractivity contribution in [1.82, 2.24) is 4.90 Å². The standard InChI is InChI=1S/C22H28N6O2.ClH/c1-15-7-8-17(13-16(15)2)24-21-25-20(23)26-22(27-9-11-30-12-10-27)28(21)18-5-4-6-19(14-18)29-3;/h4-8,13-14,21,24H,9-12H2,1-3H3,(H2,23,25);1H. The molecule has 1 fully saturated rings. The number of morpholine rings is 1. The Morgan fingerprint density at radius 3 is 2.58 bits per heavy atom. The zero-order chi connectivity index (χ0) is 21.1. The van der Waals surface area contributed by atoms with Crippen LogP contribution in [0.25, 0.3) is 0 Å². The van der Waals surface area contributed by atoms with Gasteiger partial charge in [0, 0.05) is 24.8 Å². The number of aryl methyl sites for hydroxylation is 2. The zero-order valence-electron chi connectivity index (χ0n) is 18.0. The fourth-order valence-electron chi connectivity index (χ4n) is 3.56. The maximum atomic E-state index is 6.14. The lowest BCUT2D eigenvalue weighted by molar-refractivity contribution is 0.0671. The predicted octanol–water partition coefficient (Wildman–Crippen LogP) is 2.95. The minimum atomic E-state index is -0.449. The van der Waals surface area contributed by atoms with Crippen LogP contribution in [0.1, 0.15) is 11.1 Å². The van der Waals surface area contributed by atoms with Crippen molar-refractivity contribution in [1.29, 1.82) is 0 Å². The first-order chi connectivity index (χ1) is 14.5. The Morgan fingerprint density at radius 2 is 1.87 bits per heavy atom. The van der Waals surface area contributed by atoms with Gasteiger partial charge in [-0.2, -0.15) is 4.99 Å². The Labute approximate surface area is 189 Å². The number of benzene rings is 2. The van der Waals surface area contributed by atoms with Crippen molar-refractivity contribution in [3.63, 3.8) is 0 Å². The molecule has 8 nitrogen and oxygen atoms in total. The van der Waals surface area contributed by atoms with Crippen LogP contribution >= 0.6 is 12.4 Å². The van der Waals surface area contributed by atoms with Crippen LogP contribution in [0.15, 0.2) is 52.4 Å². The third-order valence-electron chi connectivity index (χ3n) is 5.36. The number of halogens is 1. The second kappa shape index (κ2) is 9.89. The summed E-state index contributed by atoms with van der Waals surface area (Å²) in [6, 6.07) is 14.1. The number of nitrogens with one attached hydrogen (secondary N) is 1. The Bertz CT molecular complexity index is 974. The van der Waals surface area contributed by atoms with E-state index in [-0.39, 0.29) is 18.4 Å². The first-order valence-corrected chi connectivity index (χ1v) is 10.1. The lowest BCUT2D eigenvalue weighted by atomic mass is 10.1. The number of methoxy groups -OCH3 is 1. The zero-order valence-corrected chi connectivity index (χ0v) is 18.9. The molecule has 0 saturated carbocycles. The van der Waals surface area contributed by atoms with Crippen molar-refractivity contribution in [2.24, 2.45) is 15.7 Å². The van der Waals surface area contributed by atoms with Crippen molar-refractivity contribution < 1.29 is 9.47 Å². The predicted molar refractivity (Wildman–Crippen MR) is 127 cm³/mol. The average Bonchev–Trinajstić information content (AvgIpc) is 2.76. The lowest BCUT2D eigenvalue weighted by Crippen LogP contribution is -2.57. The highest BCUT2D eigenvalue weighted by Crippen LogP contribution is 2.28. The van der Waals surface area contributed by atoms with Gasteiger partial charge in [-0.25, -0.2) is 4.99 Å². The van der Waals surface area contributed by atoms with Gasteiger partial charge in [-0.15, -0.1) is 12.4 Å². The largest absolute Gasteiger partial charge is 0.497 e. The Kier molecular flexibility index (Phi) is 7.25. The van der Waals surface area contributed by atoms with E-state index in [0.717, 1.165) is 36.2 Å². The van der Waals surface area contributed by atoms with Crippen LogP contribution < -0.4 is 20.7 Å². The summed E-state index contributed by atoms with van der Waals surface area (Å²) in [5.41, 5.74) is 10.5. The van der Waals surface area contributed by atoms with Gasteiger partial charge in [0.2, 0.25) is 18.2 Å². The number of aliphatic imine (C=N–C) groups is 2. The molecule has 31 heavy (non-hydrogen) atoms. The van der Waals surface area contributed by atoms with E-state index in [4.69, 9.17) is 15.2 Å². The quantitative estimate of drug-likeness (QED) is 0.753. The van der Waals surface area contributed by atoms with Crippen LogP contribution in [0.2, 0.25) is 0 Å². The highest BCUT2D eigenvalue weighted by molar-refractivity contribution is 6.06. The van der Waals surface area contributed by atoms with Gasteiger partial charge in [-0.1, -0.05) is 12.1 Å². The summed E-state index contributed by atoms with van der Waals surface area (Å²) in [7, 11) is 1.66. The molecule has 0 aromatic heterocycles. The fourth-order valence-corrected chi connectivity index (χ4v) is 3.56. The third kappa shape index (κ3) is 5.03. The monoisotopic (exact) mass is 444 g/mol. The molecule has 1 saturated heterocycles. The van der Waals surface area contributed by atoms with E-state index in [1.54, 1.807) is 7.11 Å². The number of nitrogens with zero attached hydrogens (tertiary/aromatic N) is 4. The molecule has 166 valence electrons. The van der Waals surface area contributed by atoms with E-state index in [1.807, 2.05) is 24.3 Å². The minimum absolute atomic E-state index is 0. The summed E-state index contributed by atoms with van der Waals surface area (Å²) >= 11 is 0. The molecule has 0 amide bonds. The molecule has 9 heteroatoms. The van der Waals surface area contributed by atoms with Crippen molar-refractivity contribution in [2.45, 2.75) is 20.1 Å². The molecule has 0 aliphatic carbocycles. The summed E-state index contributed by atoms with van der Waals surface area (Å²) in [5.74, 6) is 1.76. The number of guanidine groups is 2. The Morgan fingerprint density at radius 1 is 1.10 bits per heavy atom.